The fourth-order valence-electron chi connectivity index (χ4n) is 2.54. The number of rotatable bonds is 5. The van der Waals surface area contributed by atoms with E-state index in [-0.39, 0.29) is 12.1 Å². The number of anilines is 1. The molecular weight excluding hydrogens is 369 g/mol. The fourth-order valence-corrected chi connectivity index (χ4v) is 2.96. The largest absolute Gasteiger partial charge is 0.463 e. The standard InChI is InChI=1S/C17H16Cl3N3O/c18-12-3-1-11(2-4-12)8-23(9-13-10-24-17(21)22-13)14-5-6-15(19)16(20)7-14/h1-7,13H,8-10H2,(H2,21,22)/t13-/m0/s1. The van der Waals surface area contributed by atoms with E-state index in [1.165, 1.54) is 0 Å². The zero-order valence-corrected chi connectivity index (χ0v) is 15.0. The molecule has 2 N–H and O–H groups in total. The Morgan fingerprint density at radius 2 is 1.83 bits per heavy atom. The Morgan fingerprint density at radius 3 is 2.46 bits per heavy atom. The molecule has 0 fully saturated rings. The van der Waals surface area contributed by atoms with E-state index < -0.39 is 0 Å². The van der Waals surface area contributed by atoms with Gasteiger partial charge < -0.3 is 15.4 Å². The Morgan fingerprint density at radius 1 is 1.08 bits per heavy atom. The quantitative estimate of drug-likeness (QED) is 0.833. The van der Waals surface area contributed by atoms with E-state index in [1.807, 2.05) is 36.4 Å². The minimum atomic E-state index is -0.0215. The van der Waals surface area contributed by atoms with Gasteiger partial charge in [0.1, 0.15) is 12.6 Å². The third-order valence-electron chi connectivity index (χ3n) is 3.72. The zero-order valence-electron chi connectivity index (χ0n) is 12.8. The molecular formula is C17H16Cl3N3O. The molecule has 1 aliphatic heterocycles. The van der Waals surface area contributed by atoms with Gasteiger partial charge in [-0.1, -0.05) is 46.9 Å². The highest BCUT2D eigenvalue weighted by Gasteiger charge is 2.21. The number of hydrogen-bond acceptors (Lipinski definition) is 4. The minimum absolute atomic E-state index is 0.0215. The maximum absolute atomic E-state index is 6.17. The summed E-state index contributed by atoms with van der Waals surface area (Å²) in [6.45, 7) is 1.81. The predicted octanol–water partition coefficient (Wildman–Crippen LogP) is 4.37. The van der Waals surface area contributed by atoms with E-state index in [2.05, 4.69) is 9.89 Å². The van der Waals surface area contributed by atoms with Gasteiger partial charge in [0, 0.05) is 23.8 Å². The lowest BCUT2D eigenvalue weighted by atomic mass is 10.1. The van der Waals surface area contributed by atoms with Crippen molar-refractivity contribution in [2.24, 2.45) is 10.7 Å². The zero-order chi connectivity index (χ0) is 17.1. The molecule has 1 atom stereocenters. The van der Waals surface area contributed by atoms with Crippen LogP contribution in [0, 0.1) is 0 Å². The second-order valence-electron chi connectivity index (χ2n) is 5.54. The van der Waals surface area contributed by atoms with Gasteiger partial charge in [0.2, 0.25) is 0 Å². The van der Waals surface area contributed by atoms with Gasteiger partial charge in [-0.05, 0) is 35.9 Å². The van der Waals surface area contributed by atoms with E-state index >= 15 is 0 Å². The molecule has 0 saturated carbocycles. The van der Waals surface area contributed by atoms with Crippen LogP contribution < -0.4 is 10.6 Å². The summed E-state index contributed by atoms with van der Waals surface area (Å²) in [4.78, 5) is 6.47. The van der Waals surface area contributed by atoms with Crippen molar-refractivity contribution in [2.45, 2.75) is 12.6 Å². The third kappa shape index (κ3) is 4.26. The number of nitrogens with zero attached hydrogens (tertiary/aromatic N) is 2. The predicted molar refractivity (Wildman–Crippen MR) is 100 cm³/mol. The molecule has 0 unspecified atom stereocenters. The van der Waals surface area contributed by atoms with Crippen molar-refractivity contribution in [3.05, 3.63) is 63.1 Å². The van der Waals surface area contributed by atoms with Gasteiger partial charge in [0.05, 0.1) is 10.0 Å². The van der Waals surface area contributed by atoms with E-state index in [0.717, 1.165) is 11.3 Å². The second kappa shape index (κ2) is 7.51. The number of halogens is 3. The summed E-state index contributed by atoms with van der Waals surface area (Å²) in [6, 6.07) is 13.5. The Hall–Kier alpha value is -1.62. The molecule has 7 heteroatoms. The van der Waals surface area contributed by atoms with E-state index in [0.29, 0.717) is 34.8 Å². The van der Waals surface area contributed by atoms with Crippen molar-refractivity contribution in [3.8, 4) is 0 Å². The monoisotopic (exact) mass is 383 g/mol. The number of benzene rings is 2. The van der Waals surface area contributed by atoms with Crippen LogP contribution in [0.25, 0.3) is 0 Å². The maximum atomic E-state index is 6.17. The molecule has 3 rings (SSSR count). The normalized spacial score (nSPS) is 16.6. The van der Waals surface area contributed by atoms with Crippen LogP contribution >= 0.6 is 34.8 Å². The van der Waals surface area contributed by atoms with Gasteiger partial charge >= 0.3 is 0 Å². The molecule has 2 aromatic carbocycles. The molecule has 0 spiro atoms. The second-order valence-corrected chi connectivity index (χ2v) is 6.79. The number of nitrogens with two attached hydrogens (primary N) is 1. The summed E-state index contributed by atoms with van der Waals surface area (Å²) >= 11 is 18.2. The maximum Gasteiger partial charge on any atom is 0.282 e. The Labute approximate surface area is 155 Å². The lowest BCUT2D eigenvalue weighted by Crippen LogP contribution is -2.32. The Bertz CT molecular complexity index is 749. The molecule has 4 nitrogen and oxygen atoms in total. The summed E-state index contributed by atoms with van der Waals surface area (Å²) in [5, 5.41) is 1.75. The van der Waals surface area contributed by atoms with Crippen molar-refractivity contribution in [1.82, 2.24) is 0 Å². The van der Waals surface area contributed by atoms with Gasteiger partial charge in [-0.2, -0.15) is 0 Å². The molecule has 0 bridgehead atoms. The SMILES string of the molecule is NC1=N[C@@H](CN(Cc2ccc(Cl)cc2)c2ccc(Cl)c(Cl)c2)CO1. The van der Waals surface area contributed by atoms with Crippen molar-refractivity contribution < 1.29 is 4.74 Å². The van der Waals surface area contributed by atoms with E-state index in [9.17, 15) is 0 Å². The van der Waals surface area contributed by atoms with Gasteiger partial charge in [-0.15, -0.1) is 0 Å². The summed E-state index contributed by atoms with van der Waals surface area (Å²) in [5.41, 5.74) is 7.69. The van der Waals surface area contributed by atoms with E-state index in [1.54, 1.807) is 6.07 Å². The fraction of sp³-hybridized carbons (Fsp3) is 0.235. The molecule has 24 heavy (non-hydrogen) atoms. The van der Waals surface area contributed by atoms with Crippen LogP contribution in [0.4, 0.5) is 5.69 Å². The lowest BCUT2D eigenvalue weighted by Gasteiger charge is -2.27. The average Bonchev–Trinajstić information content (AvgIpc) is 2.97. The topological polar surface area (TPSA) is 50.8 Å². The first-order chi connectivity index (χ1) is 11.5. The number of amidine groups is 1. The van der Waals surface area contributed by atoms with Crippen LogP contribution in [-0.4, -0.2) is 25.2 Å². The summed E-state index contributed by atoms with van der Waals surface area (Å²) in [6.07, 6.45) is 0. The molecule has 0 aliphatic carbocycles. The molecule has 126 valence electrons. The minimum Gasteiger partial charge on any atom is -0.463 e. The average molecular weight is 385 g/mol. The number of aliphatic imine (C=N–C) groups is 1. The smallest absolute Gasteiger partial charge is 0.282 e. The van der Waals surface area contributed by atoms with Crippen LogP contribution in [-0.2, 0) is 11.3 Å². The van der Waals surface area contributed by atoms with E-state index in [4.69, 9.17) is 45.3 Å². The molecule has 2 aromatic rings. The van der Waals surface area contributed by atoms with Crippen molar-refractivity contribution in [2.75, 3.05) is 18.1 Å². The highest BCUT2D eigenvalue weighted by Crippen LogP contribution is 2.28. The number of ether oxygens (including phenoxy) is 1. The van der Waals surface area contributed by atoms with Crippen LogP contribution in [0.5, 0.6) is 0 Å². The third-order valence-corrected chi connectivity index (χ3v) is 4.71. The molecule has 0 saturated heterocycles. The lowest BCUT2D eigenvalue weighted by molar-refractivity contribution is 0.313. The van der Waals surface area contributed by atoms with Gasteiger partial charge in [-0.25, -0.2) is 4.99 Å². The number of hydrogen-bond donors (Lipinski definition) is 1. The van der Waals surface area contributed by atoms with Gasteiger partial charge in [0.25, 0.3) is 6.02 Å². The first kappa shape index (κ1) is 17.2. The van der Waals surface area contributed by atoms with Gasteiger partial charge in [-0.3, -0.25) is 0 Å². The molecule has 0 aromatic heterocycles. The molecule has 0 radical (unpaired) electrons. The van der Waals surface area contributed by atoms with Crippen LogP contribution in [0.3, 0.4) is 0 Å². The first-order valence-electron chi connectivity index (χ1n) is 7.42. The summed E-state index contributed by atoms with van der Waals surface area (Å²) in [7, 11) is 0. The van der Waals surface area contributed by atoms with Crippen LogP contribution in [0.1, 0.15) is 5.56 Å². The van der Waals surface area contributed by atoms with Crippen LogP contribution in [0.2, 0.25) is 15.1 Å². The first-order valence-corrected chi connectivity index (χ1v) is 8.55. The van der Waals surface area contributed by atoms with Gasteiger partial charge in [0.15, 0.2) is 0 Å². The Balaban J connectivity index is 1.84. The molecule has 0 amide bonds. The van der Waals surface area contributed by atoms with Crippen molar-refractivity contribution in [3.63, 3.8) is 0 Å². The Kier molecular flexibility index (Phi) is 5.39. The van der Waals surface area contributed by atoms with Crippen molar-refractivity contribution >= 4 is 46.5 Å². The van der Waals surface area contributed by atoms with Crippen molar-refractivity contribution in [1.29, 1.82) is 0 Å². The highest BCUT2D eigenvalue weighted by molar-refractivity contribution is 6.42. The highest BCUT2D eigenvalue weighted by atomic mass is 35.5. The summed E-state index contributed by atoms with van der Waals surface area (Å²) < 4.78 is 5.25. The molecule has 1 aliphatic rings. The molecule has 1 heterocycles. The van der Waals surface area contributed by atoms with Crippen LogP contribution in [0.15, 0.2) is 47.5 Å². The summed E-state index contributed by atoms with van der Waals surface area (Å²) in [5.74, 6) is 0.